The molecule has 1 atom stereocenters. The van der Waals surface area contributed by atoms with E-state index in [1.165, 1.54) is 0 Å². The van der Waals surface area contributed by atoms with Gasteiger partial charge < -0.3 is 10.2 Å². The first-order valence-electron chi connectivity index (χ1n) is 4.05. The second kappa shape index (κ2) is 2.74. The number of H-pyrrole nitrogens is 1. The van der Waals surface area contributed by atoms with Crippen LogP contribution in [-0.2, 0) is 0 Å². The first kappa shape index (κ1) is 8.07. The van der Waals surface area contributed by atoms with E-state index in [-0.39, 0.29) is 6.04 Å². The number of aromatic nitrogens is 1. The number of oxazole rings is 1. The standard InChI is InChI=1S/C9H10N2O2/c1-5(10)6-2-3-7-8(4-6)13-9(12)11-7/h2-5H,10H2,1H3,(H,11,12)/t5-/m1/s1. The number of hydrogen-bond donors (Lipinski definition) is 2. The van der Waals surface area contributed by atoms with Crippen LogP contribution < -0.4 is 11.5 Å². The Morgan fingerprint density at radius 2 is 2.31 bits per heavy atom. The van der Waals surface area contributed by atoms with Crippen LogP contribution in [0.4, 0.5) is 0 Å². The normalized spacial score (nSPS) is 13.4. The molecule has 1 aromatic carbocycles. The van der Waals surface area contributed by atoms with Gasteiger partial charge in [-0.15, -0.1) is 0 Å². The molecule has 4 heteroatoms. The average molecular weight is 178 g/mol. The van der Waals surface area contributed by atoms with Crippen molar-refractivity contribution in [3.05, 3.63) is 34.3 Å². The molecule has 4 nitrogen and oxygen atoms in total. The SMILES string of the molecule is C[C@@H](N)c1ccc2[nH]c(=O)oc2c1. The minimum atomic E-state index is -0.433. The van der Waals surface area contributed by atoms with Crippen LogP contribution in [0.15, 0.2) is 27.4 Å². The lowest BCUT2D eigenvalue weighted by Gasteiger charge is -2.03. The molecule has 0 saturated heterocycles. The molecular weight excluding hydrogens is 168 g/mol. The third-order valence-electron chi connectivity index (χ3n) is 1.97. The number of benzene rings is 1. The van der Waals surface area contributed by atoms with E-state index in [0.29, 0.717) is 11.1 Å². The number of aromatic amines is 1. The highest BCUT2D eigenvalue weighted by Crippen LogP contribution is 2.16. The molecule has 3 N–H and O–H groups in total. The smallest absolute Gasteiger partial charge is 0.408 e. The average Bonchev–Trinajstić information content (AvgIpc) is 2.42. The first-order valence-corrected chi connectivity index (χ1v) is 4.05. The number of fused-ring (bicyclic) bond motifs is 1. The van der Waals surface area contributed by atoms with Gasteiger partial charge in [-0.05, 0) is 24.6 Å². The summed E-state index contributed by atoms with van der Waals surface area (Å²) in [5.74, 6) is -0.433. The number of rotatable bonds is 1. The fraction of sp³-hybridized carbons (Fsp3) is 0.222. The van der Waals surface area contributed by atoms with Crippen molar-refractivity contribution in [3.63, 3.8) is 0 Å². The van der Waals surface area contributed by atoms with Crippen LogP contribution in [0.3, 0.4) is 0 Å². The third-order valence-corrected chi connectivity index (χ3v) is 1.97. The van der Waals surface area contributed by atoms with Crippen molar-refractivity contribution in [2.24, 2.45) is 5.73 Å². The summed E-state index contributed by atoms with van der Waals surface area (Å²) in [6, 6.07) is 5.39. The maximum Gasteiger partial charge on any atom is 0.417 e. The molecule has 2 aromatic rings. The largest absolute Gasteiger partial charge is 0.417 e. The molecular formula is C9H10N2O2. The summed E-state index contributed by atoms with van der Waals surface area (Å²) in [5, 5.41) is 0. The van der Waals surface area contributed by atoms with Gasteiger partial charge >= 0.3 is 5.76 Å². The summed E-state index contributed by atoms with van der Waals surface area (Å²) in [7, 11) is 0. The van der Waals surface area contributed by atoms with Gasteiger partial charge in [0.1, 0.15) is 0 Å². The van der Waals surface area contributed by atoms with Gasteiger partial charge in [0.25, 0.3) is 0 Å². The van der Waals surface area contributed by atoms with E-state index in [9.17, 15) is 4.79 Å². The highest BCUT2D eigenvalue weighted by molar-refractivity contribution is 5.72. The lowest BCUT2D eigenvalue weighted by Crippen LogP contribution is -2.04. The predicted octanol–water partition coefficient (Wildman–Crippen LogP) is 1.14. The molecule has 0 radical (unpaired) electrons. The molecule has 0 unspecified atom stereocenters. The molecule has 0 amide bonds. The Morgan fingerprint density at radius 1 is 1.54 bits per heavy atom. The van der Waals surface area contributed by atoms with E-state index in [0.717, 1.165) is 5.56 Å². The maximum absolute atomic E-state index is 10.8. The topological polar surface area (TPSA) is 72.0 Å². The Bertz CT molecular complexity index is 482. The second-order valence-corrected chi connectivity index (χ2v) is 3.06. The number of nitrogens with one attached hydrogen (secondary N) is 1. The molecule has 0 fully saturated rings. The molecule has 0 bridgehead atoms. The molecule has 1 aromatic heterocycles. The zero-order valence-corrected chi connectivity index (χ0v) is 7.20. The molecule has 68 valence electrons. The highest BCUT2D eigenvalue weighted by atomic mass is 16.4. The Balaban J connectivity index is 2.68. The van der Waals surface area contributed by atoms with Gasteiger partial charge in [-0.1, -0.05) is 6.07 Å². The Kier molecular flexibility index (Phi) is 1.70. The number of hydrogen-bond acceptors (Lipinski definition) is 3. The molecule has 0 aliphatic rings. The molecule has 0 aliphatic carbocycles. The van der Waals surface area contributed by atoms with Crippen LogP contribution in [0.25, 0.3) is 11.1 Å². The van der Waals surface area contributed by atoms with Gasteiger partial charge in [-0.3, -0.25) is 4.98 Å². The van der Waals surface area contributed by atoms with Gasteiger partial charge in [0.15, 0.2) is 5.58 Å². The minimum absolute atomic E-state index is 0.0513. The second-order valence-electron chi connectivity index (χ2n) is 3.06. The van der Waals surface area contributed by atoms with Gasteiger partial charge in [0, 0.05) is 6.04 Å². The monoisotopic (exact) mass is 178 g/mol. The quantitative estimate of drug-likeness (QED) is 0.687. The summed E-state index contributed by atoms with van der Waals surface area (Å²) < 4.78 is 4.89. The van der Waals surface area contributed by atoms with Gasteiger partial charge in [-0.2, -0.15) is 0 Å². The van der Waals surface area contributed by atoms with Crippen molar-refractivity contribution in [2.45, 2.75) is 13.0 Å². The summed E-state index contributed by atoms with van der Waals surface area (Å²) in [6.07, 6.45) is 0. The minimum Gasteiger partial charge on any atom is -0.408 e. The predicted molar refractivity (Wildman–Crippen MR) is 49.4 cm³/mol. The number of nitrogens with two attached hydrogens (primary N) is 1. The van der Waals surface area contributed by atoms with Crippen molar-refractivity contribution in [3.8, 4) is 0 Å². The first-order chi connectivity index (χ1) is 6.16. The van der Waals surface area contributed by atoms with E-state index < -0.39 is 5.76 Å². The van der Waals surface area contributed by atoms with Crippen LogP contribution in [0.1, 0.15) is 18.5 Å². The summed E-state index contributed by atoms with van der Waals surface area (Å²) in [5.41, 5.74) is 7.89. The van der Waals surface area contributed by atoms with E-state index in [4.69, 9.17) is 10.2 Å². The molecule has 2 rings (SSSR count). The van der Waals surface area contributed by atoms with Crippen molar-refractivity contribution in [1.82, 2.24) is 4.98 Å². The zero-order valence-electron chi connectivity index (χ0n) is 7.20. The van der Waals surface area contributed by atoms with Crippen molar-refractivity contribution >= 4 is 11.1 Å². The van der Waals surface area contributed by atoms with Crippen LogP contribution in [0.2, 0.25) is 0 Å². The molecule has 1 heterocycles. The van der Waals surface area contributed by atoms with Crippen LogP contribution in [0, 0.1) is 0 Å². The van der Waals surface area contributed by atoms with E-state index in [1.54, 1.807) is 12.1 Å². The van der Waals surface area contributed by atoms with Crippen LogP contribution in [-0.4, -0.2) is 4.98 Å². The maximum atomic E-state index is 10.8. The van der Waals surface area contributed by atoms with Gasteiger partial charge in [-0.25, -0.2) is 4.79 Å². The molecule has 0 spiro atoms. The van der Waals surface area contributed by atoms with E-state index in [1.807, 2.05) is 13.0 Å². The highest BCUT2D eigenvalue weighted by Gasteiger charge is 2.04. The van der Waals surface area contributed by atoms with Crippen LogP contribution >= 0.6 is 0 Å². The van der Waals surface area contributed by atoms with Crippen molar-refractivity contribution in [1.29, 1.82) is 0 Å². The third kappa shape index (κ3) is 1.36. The summed E-state index contributed by atoms with van der Waals surface area (Å²) in [4.78, 5) is 13.4. The fourth-order valence-electron chi connectivity index (χ4n) is 1.25. The van der Waals surface area contributed by atoms with Gasteiger partial charge in [0.2, 0.25) is 0 Å². The lowest BCUT2D eigenvalue weighted by atomic mass is 10.1. The Labute approximate surface area is 74.4 Å². The molecule has 0 saturated carbocycles. The summed E-state index contributed by atoms with van der Waals surface area (Å²) in [6.45, 7) is 1.88. The van der Waals surface area contributed by atoms with E-state index in [2.05, 4.69) is 4.98 Å². The lowest BCUT2D eigenvalue weighted by molar-refractivity contribution is 0.554. The zero-order chi connectivity index (χ0) is 9.42. The van der Waals surface area contributed by atoms with Crippen molar-refractivity contribution in [2.75, 3.05) is 0 Å². The Morgan fingerprint density at radius 3 is 3.00 bits per heavy atom. The molecule has 0 aliphatic heterocycles. The fourth-order valence-corrected chi connectivity index (χ4v) is 1.25. The van der Waals surface area contributed by atoms with E-state index >= 15 is 0 Å². The summed E-state index contributed by atoms with van der Waals surface area (Å²) >= 11 is 0. The molecule has 13 heavy (non-hydrogen) atoms. The van der Waals surface area contributed by atoms with Crippen LogP contribution in [0.5, 0.6) is 0 Å². The van der Waals surface area contributed by atoms with Crippen molar-refractivity contribution < 1.29 is 4.42 Å². The van der Waals surface area contributed by atoms with Gasteiger partial charge in [0.05, 0.1) is 5.52 Å². The Hall–Kier alpha value is -1.55.